The average molecular weight is 282 g/mol. The standard InChI is InChI=1S/C13H18N2O5/c1-8(2)7-20-13(17)10(4)14-9(3)5-6-11(12(14)16)15(18)19/h5-6,8,10H,7H2,1-4H3. The Morgan fingerprint density at radius 2 is 2.00 bits per heavy atom. The van der Waals surface area contributed by atoms with Gasteiger partial charge in [0.15, 0.2) is 0 Å². The molecule has 1 aromatic rings. The van der Waals surface area contributed by atoms with E-state index >= 15 is 0 Å². The minimum Gasteiger partial charge on any atom is -0.464 e. The van der Waals surface area contributed by atoms with Crippen LogP contribution in [0.4, 0.5) is 5.69 Å². The number of ether oxygens (including phenoxy) is 1. The molecular formula is C13H18N2O5. The fourth-order valence-corrected chi connectivity index (χ4v) is 1.73. The highest BCUT2D eigenvalue weighted by Crippen LogP contribution is 2.13. The molecule has 110 valence electrons. The Balaban J connectivity index is 3.12. The lowest BCUT2D eigenvalue weighted by Gasteiger charge is -2.17. The number of hydrogen-bond donors (Lipinski definition) is 0. The molecule has 0 aliphatic rings. The quantitative estimate of drug-likeness (QED) is 0.466. The molecule has 1 rings (SSSR count). The van der Waals surface area contributed by atoms with Crippen LogP contribution in [0.5, 0.6) is 0 Å². The predicted molar refractivity (Wildman–Crippen MR) is 72.6 cm³/mol. The molecule has 1 heterocycles. The van der Waals surface area contributed by atoms with Crippen molar-refractivity contribution >= 4 is 11.7 Å². The molecule has 1 aromatic heterocycles. The van der Waals surface area contributed by atoms with E-state index in [1.807, 2.05) is 13.8 Å². The van der Waals surface area contributed by atoms with Crippen molar-refractivity contribution in [1.82, 2.24) is 4.57 Å². The fraction of sp³-hybridized carbons (Fsp3) is 0.538. The number of carbonyl (C=O) groups excluding carboxylic acids is 1. The summed E-state index contributed by atoms with van der Waals surface area (Å²) in [6.07, 6.45) is 0. The van der Waals surface area contributed by atoms with Crippen molar-refractivity contribution in [2.45, 2.75) is 33.7 Å². The SMILES string of the molecule is Cc1ccc([N+](=O)[O-])c(=O)n1C(C)C(=O)OCC(C)C. The van der Waals surface area contributed by atoms with E-state index in [0.717, 1.165) is 10.6 Å². The van der Waals surface area contributed by atoms with Gasteiger partial charge in [-0.15, -0.1) is 0 Å². The van der Waals surface area contributed by atoms with Gasteiger partial charge in [0.05, 0.1) is 11.5 Å². The summed E-state index contributed by atoms with van der Waals surface area (Å²) in [6, 6.07) is 1.67. The molecule has 20 heavy (non-hydrogen) atoms. The first-order valence-corrected chi connectivity index (χ1v) is 6.28. The molecule has 0 aliphatic carbocycles. The van der Waals surface area contributed by atoms with Crippen molar-refractivity contribution in [2.24, 2.45) is 5.92 Å². The summed E-state index contributed by atoms with van der Waals surface area (Å²) in [7, 11) is 0. The second-order valence-corrected chi connectivity index (χ2v) is 4.99. The van der Waals surface area contributed by atoms with Gasteiger partial charge < -0.3 is 4.74 Å². The van der Waals surface area contributed by atoms with E-state index in [0.29, 0.717) is 5.69 Å². The van der Waals surface area contributed by atoms with Gasteiger partial charge >= 0.3 is 17.2 Å². The lowest BCUT2D eigenvalue weighted by Crippen LogP contribution is -2.32. The van der Waals surface area contributed by atoms with Crippen LogP contribution in [0.2, 0.25) is 0 Å². The van der Waals surface area contributed by atoms with Gasteiger partial charge in [0.2, 0.25) is 0 Å². The zero-order valence-corrected chi connectivity index (χ0v) is 12.0. The van der Waals surface area contributed by atoms with Crippen molar-refractivity contribution in [3.63, 3.8) is 0 Å². The van der Waals surface area contributed by atoms with Gasteiger partial charge in [0.25, 0.3) is 0 Å². The summed E-state index contributed by atoms with van der Waals surface area (Å²) in [4.78, 5) is 33.9. The lowest BCUT2D eigenvalue weighted by atomic mass is 10.2. The minimum atomic E-state index is -0.902. The summed E-state index contributed by atoms with van der Waals surface area (Å²) in [6.45, 7) is 7.12. The molecule has 0 fully saturated rings. The molecule has 7 heteroatoms. The smallest absolute Gasteiger partial charge is 0.334 e. The lowest BCUT2D eigenvalue weighted by molar-refractivity contribution is -0.386. The van der Waals surface area contributed by atoms with Crippen molar-refractivity contribution < 1.29 is 14.5 Å². The Bertz CT molecular complexity index is 577. The van der Waals surface area contributed by atoms with E-state index in [9.17, 15) is 19.7 Å². The van der Waals surface area contributed by atoms with Gasteiger partial charge in [-0.05, 0) is 25.8 Å². The molecule has 0 saturated heterocycles. The zero-order chi connectivity index (χ0) is 15.4. The van der Waals surface area contributed by atoms with Crippen molar-refractivity contribution in [3.05, 3.63) is 38.3 Å². The maximum absolute atomic E-state index is 12.0. The minimum absolute atomic E-state index is 0.175. The summed E-state index contributed by atoms with van der Waals surface area (Å²) in [5.41, 5.74) is -0.891. The molecule has 0 spiro atoms. The van der Waals surface area contributed by atoms with E-state index in [2.05, 4.69) is 0 Å². The van der Waals surface area contributed by atoms with Crippen LogP contribution >= 0.6 is 0 Å². The van der Waals surface area contributed by atoms with Gasteiger partial charge in [-0.2, -0.15) is 0 Å². The number of esters is 1. The number of nitro groups is 1. The third-order valence-electron chi connectivity index (χ3n) is 2.78. The Kier molecular flexibility index (Phi) is 5.01. The molecule has 0 radical (unpaired) electrons. The summed E-state index contributed by atoms with van der Waals surface area (Å²) < 4.78 is 6.15. The van der Waals surface area contributed by atoms with Crippen molar-refractivity contribution in [3.8, 4) is 0 Å². The molecule has 0 N–H and O–H groups in total. The monoisotopic (exact) mass is 282 g/mol. The van der Waals surface area contributed by atoms with Crippen LogP contribution in [0.25, 0.3) is 0 Å². The van der Waals surface area contributed by atoms with Gasteiger partial charge in [0.1, 0.15) is 6.04 Å². The summed E-state index contributed by atoms with van der Waals surface area (Å²) >= 11 is 0. The van der Waals surface area contributed by atoms with Gasteiger partial charge in [-0.1, -0.05) is 13.8 Å². The molecule has 0 bridgehead atoms. The molecule has 0 amide bonds. The largest absolute Gasteiger partial charge is 0.464 e. The predicted octanol–water partition coefficient (Wildman–Crippen LogP) is 1.83. The number of aromatic nitrogens is 1. The normalized spacial score (nSPS) is 12.2. The van der Waals surface area contributed by atoms with Crippen molar-refractivity contribution in [1.29, 1.82) is 0 Å². The van der Waals surface area contributed by atoms with E-state index in [1.165, 1.54) is 13.0 Å². The van der Waals surface area contributed by atoms with E-state index < -0.39 is 28.2 Å². The van der Waals surface area contributed by atoms with Gasteiger partial charge in [-0.3, -0.25) is 19.5 Å². The van der Waals surface area contributed by atoms with Crippen LogP contribution in [0.15, 0.2) is 16.9 Å². The van der Waals surface area contributed by atoms with E-state index in [4.69, 9.17) is 4.74 Å². The van der Waals surface area contributed by atoms with Crippen molar-refractivity contribution in [2.75, 3.05) is 6.61 Å². The Labute approximate surface area is 116 Å². The maximum Gasteiger partial charge on any atom is 0.334 e. The Morgan fingerprint density at radius 1 is 1.40 bits per heavy atom. The third-order valence-corrected chi connectivity index (χ3v) is 2.78. The first-order chi connectivity index (χ1) is 9.25. The molecule has 0 aliphatic heterocycles. The Morgan fingerprint density at radius 3 is 2.50 bits per heavy atom. The second-order valence-electron chi connectivity index (χ2n) is 4.99. The third kappa shape index (κ3) is 3.43. The van der Waals surface area contributed by atoms with Gasteiger partial charge in [0, 0.05) is 11.8 Å². The Hall–Kier alpha value is -2.18. The van der Waals surface area contributed by atoms with Crippen LogP contribution in [0.3, 0.4) is 0 Å². The van der Waals surface area contributed by atoms with Crippen LogP contribution in [0, 0.1) is 23.0 Å². The maximum atomic E-state index is 12.0. The van der Waals surface area contributed by atoms with Crippen LogP contribution in [-0.4, -0.2) is 22.1 Å². The van der Waals surface area contributed by atoms with E-state index in [-0.39, 0.29) is 12.5 Å². The fourth-order valence-electron chi connectivity index (χ4n) is 1.73. The zero-order valence-electron chi connectivity index (χ0n) is 12.0. The molecule has 0 aromatic carbocycles. The van der Waals surface area contributed by atoms with Gasteiger partial charge in [-0.25, -0.2) is 4.79 Å². The number of hydrogen-bond acceptors (Lipinski definition) is 5. The molecular weight excluding hydrogens is 264 g/mol. The van der Waals surface area contributed by atoms with E-state index in [1.54, 1.807) is 6.92 Å². The molecule has 0 saturated carbocycles. The van der Waals surface area contributed by atoms with Crippen LogP contribution < -0.4 is 5.56 Å². The molecule has 1 unspecified atom stereocenters. The highest BCUT2D eigenvalue weighted by molar-refractivity contribution is 5.74. The topological polar surface area (TPSA) is 91.4 Å². The highest BCUT2D eigenvalue weighted by atomic mass is 16.6. The second kappa shape index (κ2) is 6.31. The molecule has 1 atom stereocenters. The number of nitrogens with zero attached hydrogens (tertiary/aromatic N) is 2. The van der Waals surface area contributed by atoms with Crippen LogP contribution in [0.1, 0.15) is 32.5 Å². The average Bonchev–Trinajstić information content (AvgIpc) is 2.35. The number of pyridine rings is 1. The number of rotatable bonds is 5. The number of carbonyl (C=O) groups is 1. The first kappa shape index (κ1) is 15.9. The highest BCUT2D eigenvalue weighted by Gasteiger charge is 2.24. The number of aryl methyl sites for hydroxylation is 1. The van der Waals surface area contributed by atoms with Crippen LogP contribution in [-0.2, 0) is 9.53 Å². The summed E-state index contributed by atoms with van der Waals surface area (Å²) in [5.74, 6) is -0.404. The summed E-state index contributed by atoms with van der Waals surface area (Å²) in [5, 5.41) is 10.8. The molecule has 7 nitrogen and oxygen atoms in total. The first-order valence-electron chi connectivity index (χ1n) is 6.28.